The molecule has 1 aromatic carbocycles. The number of rotatable bonds is 8. The molecule has 1 saturated heterocycles. The number of carbonyl (C=O) groups excluding carboxylic acids is 3. The number of primary amides is 1. The van der Waals surface area contributed by atoms with Gasteiger partial charge in [0.1, 0.15) is 6.20 Å². The number of amides is 2. The molecule has 0 radical (unpaired) electrons. The molecule has 0 spiro atoms. The largest absolute Gasteiger partial charge is 0.543 e. The van der Waals surface area contributed by atoms with Gasteiger partial charge in [-0.25, -0.2) is 4.57 Å². The van der Waals surface area contributed by atoms with E-state index in [2.05, 4.69) is 0 Å². The van der Waals surface area contributed by atoms with Gasteiger partial charge in [-0.05, 0) is 12.5 Å². The summed E-state index contributed by atoms with van der Waals surface area (Å²) in [6, 6.07) is 9.51. The number of aliphatic carboxylic acids is 1. The van der Waals surface area contributed by atoms with Crippen molar-refractivity contribution in [2.75, 3.05) is 0 Å². The lowest BCUT2D eigenvalue weighted by atomic mass is 9.77. The molecule has 2 amide bonds. The zero-order chi connectivity index (χ0) is 25.0. The number of hydrogen-bond acceptors (Lipinski definition) is 7. The van der Waals surface area contributed by atoms with Gasteiger partial charge in [-0.1, -0.05) is 60.4 Å². The summed E-state index contributed by atoms with van der Waals surface area (Å²) in [6.45, 7) is 3.44. The van der Waals surface area contributed by atoms with Crippen LogP contribution in [0.2, 0.25) is 0 Å². The number of carboxylic acid groups (broad SMARTS) is 1. The zero-order valence-electron chi connectivity index (χ0n) is 19.1. The van der Waals surface area contributed by atoms with E-state index in [1.165, 1.54) is 16.2 Å². The van der Waals surface area contributed by atoms with Crippen molar-refractivity contribution < 1.29 is 29.2 Å². The van der Waals surface area contributed by atoms with Crippen LogP contribution in [0.4, 0.5) is 0 Å². The second-order valence-electron chi connectivity index (χ2n) is 8.90. The lowest BCUT2D eigenvalue weighted by Crippen LogP contribution is -2.64. The summed E-state index contributed by atoms with van der Waals surface area (Å²) in [4.78, 5) is 39.2. The van der Waals surface area contributed by atoms with Crippen LogP contribution in [0.1, 0.15) is 24.3 Å². The second kappa shape index (κ2) is 8.81. The maximum Gasteiger partial charge on any atom is 0.259 e. The number of nitrogens with zero attached hydrogens (tertiary/aromatic N) is 3. The fourth-order valence-electron chi connectivity index (χ4n) is 5.09. The number of aliphatic hydroxyl groups excluding tert-OH is 1. The Labute approximate surface area is 209 Å². The van der Waals surface area contributed by atoms with Crippen LogP contribution in [-0.2, 0) is 26.7 Å². The van der Waals surface area contributed by atoms with Crippen molar-refractivity contribution >= 4 is 51.3 Å². The number of carboxylic acids is 1. The molecule has 1 fully saturated rings. The lowest BCUT2D eigenvalue weighted by molar-refractivity contribution is -0.717. The van der Waals surface area contributed by atoms with Gasteiger partial charge in [0, 0.05) is 17.2 Å². The Morgan fingerprint density at radius 1 is 1.31 bits per heavy atom. The van der Waals surface area contributed by atoms with Crippen molar-refractivity contribution in [3.05, 3.63) is 59.0 Å². The first-order valence-corrected chi connectivity index (χ1v) is 12.9. The quantitative estimate of drug-likeness (QED) is 0.255. The summed E-state index contributed by atoms with van der Waals surface area (Å²) in [5.74, 6) is -2.52. The predicted molar refractivity (Wildman–Crippen MR) is 128 cm³/mol. The monoisotopic (exact) mass is 512 g/mol. The van der Waals surface area contributed by atoms with Crippen LogP contribution in [0.15, 0.2) is 53.6 Å². The van der Waals surface area contributed by atoms with Crippen LogP contribution in [-0.4, -0.2) is 44.3 Å². The van der Waals surface area contributed by atoms with E-state index in [1.807, 2.05) is 47.9 Å². The van der Waals surface area contributed by atoms with Gasteiger partial charge in [-0.15, -0.1) is 0 Å². The number of carbonyl (C=O) groups is 3. The Morgan fingerprint density at radius 2 is 2.03 bits per heavy atom. The summed E-state index contributed by atoms with van der Waals surface area (Å²) in [5, 5.41) is 23.0. The first-order chi connectivity index (χ1) is 16.7. The number of hydrogen-bond donors (Lipinski definition) is 2. The Kier molecular flexibility index (Phi) is 5.94. The van der Waals surface area contributed by atoms with E-state index in [-0.39, 0.29) is 18.2 Å². The van der Waals surface area contributed by atoms with Gasteiger partial charge in [-0.3, -0.25) is 9.59 Å². The molecule has 0 bridgehead atoms. The molecule has 35 heavy (non-hydrogen) atoms. The number of imidazole rings is 1. The molecule has 0 unspecified atom stereocenters. The third-order valence-corrected chi connectivity index (χ3v) is 9.03. The third-order valence-electron chi connectivity index (χ3n) is 6.58. The molecule has 4 heterocycles. The number of fused-ring (bicyclic) bond motifs is 2. The van der Waals surface area contributed by atoms with Crippen LogP contribution in [0.5, 0.6) is 0 Å². The molecule has 9 nitrogen and oxygen atoms in total. The van der Waals surface area contributed by atoms with E-state index in [1.54, 1.807) is 29.6 Å². The lowest BCUT2D eigenvalue weighted by Gasteiger charge is -2.47. The van der Waals surface area contributed by atoms with Gasteiger partial charge in [0.25, 0.3) is 12.2 Å². The van der Waals surface area contributed by atoms with Crippen molar-refractivity contribution in [2.24, 2.45) is 17.6 Å². The average Bonchev–Trinajstić information content (AvgIpc) is 3.40. The zero-order valence-corrected chi connectivity index (χ0v) is 20.7. The highest BCUT2D eigenvalue weighted by molar-refractivity contribution is 7.98. The van der Waals surface area contributed by atoms with E-state index in [9.17, 15) is 24.6 Å². The Hall–Kier alpha value is -3.15. The molecular formula is C24H24N4O5S2. The maximum absolute atomic E-state index is 12.7. The highest BCUT2D eigenvalue weighted by Gasteiger charge is 2.59. The molecule has 5 rings (SSSR count). The van der Waals surface area contributed by atoms with Crippen molar-refractivity contribution in [3.8, 4) is 0 Å². The molecule has 2 aromatic heterocycles. The molecule has 2 aliphatic rings. The second-order valence-corrected chi connectivity index (χ2v) is 10.9. The van der Waals surface area contributed by atoms with E-state index < -0.39 is 35.8 Å². The standard InChI is InChI=1S/C24H24N4O5S2/c1-12-17(20(24(32)33)28-19(12)18(13(2)29)21(28)31)15-8-26-11-27(9-16(25)30)22(23(26)35-15)34-10-14-6-4-3-5-7-14/h3-8,11-13,18-19,29H,9-10H2,1-2H3,(H2-,25,30,32,33)/t12-,13+,18+,19+/m0/s1. The first kappa shape index (κ1) is 23.6. The van der Waals surface area contributed by atoms with Gasteiger partial charge in [0.2, 0.25) is 15.8 Å². The Morgan fingerprint density at radius 3 is 2.66 bits per heavy atom. The number of benzene rings is 1. The molecule has 4 atom stereocenters. The summed E-state index contributed by atoms with van der Waals surface area (Å²) in [5.41, 5.74) is 6.99. The topological polar surface area (TPSA) is 132 Å². The molecule has 0 saturated carbocycles. The van der Waals surface area contributed by atoms with Gasteiger partial charge < -0.3 is 25.6 Å². The van der Waals surface area contributed by atoms with Crippen LogP contribution >= 0.6 is 23.1 Å². The SMILES string of the molecule is C[C@@H](O)[C@H]1C(=O)N2C(C(=O)[O-])=C(c3cn4c[n+](CC(N)=O)c(SCc5ccccc5)c4s3)[C@H](C)[C@H]12. The highest BCUT2D eigenvalue weighted by atomic mass is 32.2. The predicted octanol–water partition coefficient (Wildman–Crippen LogP) is 0.384. The molecule has 11 heteroatoms. The Balaban J connectivity index is 1.56. The number of nitrogens with two attached hydrogens (primary N) is 1. The summed E-state index contributed by atoms with van der Waals surface area (Å²) >= 11 is 2.95. The minimum absolute atomic E-state index is 0.0185. The number of aliphatic hydroxyl groups is 1. The van der Waals surface area contributed by atoms with Crippen LogP contribution in [0.25, 0.3) is 10.4 Å². The van der Waals surface area contributed by atoms with Crippen molar-refractivity contribution in [1.82, 2.24) is 9.30 Å². The van der Waals surface area contributed by atoms with Crippen molar-refractivity contribution in [1.29, 1.82) is 0 Å². The molecule has 3 N–H and O–H groups in total. The van der Waals surface area contributed by atoms with E-state index >= 15 is 0 Å². The molecule has 0 aliphatic carbocycles. The highest BCUT2D eigenvalue weighted by Crippen LogP contribution is 2.51. The Bertz CT molecular complexity index is 1380. The number of thioether (sulfide) groups is 1. The summed E-state index contributed by atoms with van der Waals surface area (Å²) in [6.07, 6.45) is 2.71. The number of thiazole rings is 1. The van der Waals surface area contributed by atoms with Gasteiger partial charge in [-0.2, -0.15) is 4.40 Å². The normalized spacial score (nSPS) is 22.4. The van der Waals surface area contributed by atoms with Crippen molar-refractivity contribution in [3.63, 3.8) is 0 Å². The molecular weight excluding hydrogens is 488 g/mol. The summed E-state index contributed by atoms with van der Waals surface area (Å²) in [7, 11) is 0. The molecule has 3 aromatic rings. The molecule has 2 aliphatic heterocycles. The van der Waals surface area contributed by atoms with Gasteiger partial charge in [0.05, 0.1) is 34.6 Å². The van der Waals surface area contributed by atoms with E-state index in [0.717, 1.165) is 15.4 Å². The fraction of sp³-hybridized carbons (Fsp3) is 0.333. The fourth-order valence-corrected chi connectivity index (χ4v) is 7.57. The van der Waals surface area contributed by atoms with Crippen molar-refractivity contribution in [2.45, 2.75) is 43.3 Å². The smallest absolute Gasteiger partial charge is 0.259 e. The van der Waals surface area contributed by atoms with Gasteiger partial charge >= 0.3 is 0 Å². The number of β-lactam (4-membered cyclic amide) rings is 1. The number of aromatic nitrogens is 2. The van der Waals surface area contributed by atoms with Crippen LogP contribution in [0.3, 0.4) is 0 Å². The molecule has 182 valence electrons. The van der Waals surface area contributed by atoms with E-state index in [4.69, 9.17) is 5.73 Å². The summed E-state index contributed by atoms with van der Waals surface area (Å²) < 4.78 is 3.64. The van der Waals surface area contributed by atoms with Crippen LogP contribution < -0.4 is 15.4 Å². The van der Waals surface area contributed by atoms with Crippen LogP contribution in [0, 0.1) is 11.8 Å². The van der Waals surface area contributed by atoms with Gasteiger partial charge in [0.15, 0.2) is 6.54 Å². The maximum atomic E-state index is 12.7. The minimum Gasteiger partial charge on any atom is -0.543 e. The van der Waals surface area contributed by atoms with E-state index in [0.29, 0.717) is 16.2 Å². The first-order valence-electron chi connectivity index (χ1n) is 11.1. The minimum atomic E-state index is -1.41. The average molecular weight is 513 g/mol. The third kappa shape index (κ3) is 3.83.